The predicted octanol–water partition coefficient (Wildman–Crippen LogP) is 3.67. The van der Waals surface area contributed by atoms with Gasteiger partial charge >= 0.3 is 0 Å². The van der Waals surface area contributed by atoms with Crippen LogP contribution in [-0.4, -0.2) is 9.97 Å². The van der Waals surface area contributed by atoms with Crippen LogP contribution in [0.3, 0.4) is 0 Å². The summed E-state index contributed by atoms with van der Waals surface area (Å²) in [5.41, 5.74) is 11.9. The molecule has 0 saturated carbocycles. The summed E-state index contributed by atoms with van der Waals surface area (Å²) in [5.74, 6) is 0.546. The Bertz CT molecular complexity index is 820. The van der Waals surface area contributed by atoms with Crippen molar-refractivity contribution in [1.82, 2.24) is 9.97 Å². The van der Waals surface area contributed by atoms with Crippen molar-refractivity contribution < 1.29 is 0 Å². The van der Waals surface area contributed by atoms with E-state index in [0.717, 1.165) is 22.7 Å². The van der Waals surface area contributed by atoms with Crippen LogP contribution in [0.5, 0.6) is 0 Å². The van der Waals surface area contributed by atoms with Gasteiger partial charge in [-0.25, -0.2) is 9.97 Å². The van der Waals surface area contributed by atoms with Gasteiger partial charge in [0.05, 0.1) is 11.3 Å². The van der Waals surface area contributed by atoms with Crippen LogP contribution in [-0.2, 0) is 6.42 Å². The SMILES string of the molecule is Cc1ccc2c(c1)-c1nc(-c3cccnc3N)sc1C2. The van der Waals surface area contributed by atoms with Gasteiger partial charge in [-0.2, -0.15) is 0 Å². The van der Waals surface area contributed by atoms with E-state index in [-0.39, 0.29) is 0 Å². The fourth-order valence-corrected chi connectivity index (χ4v) is 3.77. The normalized spacial score (nSPS) is 12.2. The molecule has 2 heterocycles. The number of hydrogen-bond donors (Lipinski definition) is 1. The number of nitrogens with two attached hydrogens (primary N) is 1. The van der Waals surface area contributed by atoms with E-state index < -0.39 is 0 Å². The van der Waals surface area contributed by atoms with E-state index in [1.807, 2.05) is 12.1 Å². The molecule has 1 aliphatic carbocycles. The Labute approximate surface area is 121 Å². The summed E-state index contributed by atoms with van der Waals surface area (Å²) < 4.78 is 0. The van der Waals surface area contributed by atoms with E-state index >= 15 is 0 Å². The van der Waals surface area contributed by atoms with Crippen LogP contribution in [0.2, 0.25) is 0 Å². The second-order valence-electron chi connectivity index (χ2n) is 5.06. The van der Waals surface area contributed by atoms with E-state index in [2.05, 4.69) is 30.1 Å². The Morgan fingerprint density at radius 3 is 2.95 bits per heavy atom. The molecule has 0 aliphatic heterocycles. The van der Waals surface area contributed by atoms with Gasteiger partial charge in [0.25, 0.3) is 0 Å². The molecule has 0 bridgehead atoms. The lowest BCUT2D eigenvalue weighted by Crippen LogP contribution is -1.92. The molecule has 0 fully saturated rings. The maximum absolute atomic E-state index is 5.95. The molecule has 4 heteroatoms. The first-order chi connectivity index (χ1) is 9.72. The minimum Gasteiger partial charge on any atom is -0.383 e. The largest absolute Gasteiger partial charge is 0.383 e. The highest BCUT2D eigenvalue weighted by Crippen LogP contribution is 2.43. The van der Waals surface area contributed by atoms with Crippen molar-refractivity contribution in [3.05, 3.63) is 52.5 Å². The Morgan fingerprint density at radius 2 is 2.10 bits per heavy atom. The average molecular weight is 279 g/mol. The van der Waals surface area contributed by atoms with Crippen LogP contribution < -0.4 is 5.73 Å². The number of anilines is 1. The number of thiazole rings is 1. The van der Waals surface area contributed by atoms with Gasteiger partial charge in [-0.05, 0) is 30.7 Å². The molecule has 2 aromatic heterocycles. The number of benzene rings is 1. The Balaban J connectivity index is 1.87. The third-order valence-electron chi connectivity index (χ3n) is 3.64. The number of pyridine rings is 1. The maximum Gasteiger partial charge on any atom is 0.133 e. The molecule has 20 heavy (non-hydrogen) atoms. The van der Waals surface area contributed by atoms with Gasteiger partial charge in [-0.3, -0.25) is 0 Å². The fraction of sp³-hybridized carbons (Fsp3) is 0.125. The summed E-state index contributed by atoms with van der Waals surface area (Å²) in [5, 5.41) is 0.966. The van der Waals surface area contributed by atoms with Crippen LogP contribution in [0.15, 0.2) is 36.5 Å². The topological polar surface area (TPSA) is 51.8 Å². The van der Waals surface area contributed by atoms with Crippen molar-refractivity contribution in [1.29, 1.82) is 0 Å². The summed E-state index contributed by atoms with van der Waals surface area (Å²) in [6, 6.07) is 10.5. The molecule has 3 nitrogen and oxygen atoms in total. The highest BCUT2D eigenvalue weighted by atomic mass is 32.1. The number of aromatic nitrogens is 2. The van der Waals surface area contributed by atoms with Gasteiger partial charge in [-0.1, -0.05) is 17.7 Å². The van der Waals surface area contributed by atoms with E-state index in [0.29, 0.717) is 5.82 Å². The van der Waals surface area contributed by atoms with Crippen LogP contribution in [0.25, 0.3) is 21.8 Å². The highest BCUT2D eigenvalue weighted by molar-refractivity contribution is 7.15. The third-order valence-corrected chi connectivity index (χ3v) is 4.73. The number of rotatable bonds is 1. The first-order valence-electron chi connectivity index (χ1n) is 6.53. The number of aryl methyl sites for hydroxylation is 1. The van der Waals surface area contributed by atoms with E-state index in [1.54, 1.807) is 17.5 Å². The van der Waals surface area contributed by atoms with Gasteiger partial charge in [0.1, 0.15) is 10.8 Å². The minimum absolute atomic E-state index is 0.546. The summed E-state index contributed by atoms with van der Waals surface area (Å²) in [4.78, 5) is 10.3. The van der Waals surface area contributed by atoms with Gasteiger partial charge in [-0.15, -0.1) is 11.3 Å². The maximum atomic E-state index is 5.95. The van der Waals surface area contributed by atoms with Crippen molar-refractivity contribution in [2.45, 2.75) is 13.3 Å². The molecule has 0 atom stereocenters. The predicted molar refractivity (Wildman–Crippen MR) is 82.7 cm³/mol. The van der Waals surface area contributed by atoms with E-state index in [4.69, 9.17) is 10.7 Å². The smallest absolute Gasteiger partial charge is 0.133 e. The number of nitrogens with zero attached hydrogens (tertiary/aromatic N) is 2. The van der Waals surface area contributed by atoms with Gasteiger partial charge < -0.3 is 5.73 Å². The number of nitrogen functional groups attached to an aromatic ring is 1. The molecule has 0 radical (unpaired) electrons. The molecule has 4 rings (SSSR count). The molecule has 3 aromatic rings. The van der Waals surface area contributed by atoms with Crippen molar-refractivity contribution in [3.8, 4) is 21.8 Å². The second-order valence-corrected chi connectivity index (χ2v) is 6.15. The second kappa shape index (κ2) is 4.15. The quantitative estimate of drug-likeness (QED) is 0.578. The lowest BCUT2D eigenvalue weighted by atomic mass is 10.1. The monoisotopic (exact) mass is 279 g/mol. The molecule has 0 spiro atoms. The van der Waals surface area contributed by atoms with Gasteiger partial charge in [0.15, 0.2) is 0 Å². The molecule has 98 valence electrons. The zero-order chi connectivity index (χ0) is 13.7. The summed E-state index contributed by atoms with van der Waals surface area (Å²) >= 11 is 1.72. The first-order valence-corrected chi connectivity index (χ1v) is 7.34. The van der Waals surface area contributed by atoms with Crippen LogP contribution >= 0.6 is 11.3 Å². The minimum atomic E-state index is 0.546. The van der Waals surface area contributed by atoms with Gasteiger partial charge in [0, 0.05) is 23.1 Å². The molecule has 1 aromatic carbocycles. The molecular weight excluding hydrogens is 266 g/mol. The molecular formula is C16H13N3S. The molecule has 0 amide bonds. The van der Waals surface area contributed by atoms with E-state index in [1.165, 1.54) is 21.6 Å². The zero-order valence-corrected chi connectivity index (χ0v) is 11.9. The lowest BCUT2D eigenvalue weighted by Gasteiger charge is -2.02. The molecule has 0 saturated heterocycles. The van der Waals surface area contributed by atoms with Gasteiger partial charge in [0.2, 0.25) is 0 Å². The van der Waals surface area contributed by atoms with E-state index in [9.17, 15) is 0 Å². The highest BCUT2D eigenvalue weighted by Gasteiger charge is 2.24. The molecule has 1 aliphatic rings. The lowest BCUT2D eigenvalue weighted by molar-refractivity contribution is 1.30. The van der Waals surface area contributed by atoms with Crippen LogP contribution in [0, 0.1) is 6.92 Å². The standard InChI is InChI=1S/C16H13N3S/c1-9-4-5-10-8-13-14(12(10)7-9)19-16(20-13)11-3-2-6-18-15(11)17/h2-7H,8H2,1H3,(H2,17,18). The van der Waals surface area contributed by atoms with Crippen molar-refractivity contribution >= 4 is 17.2 Å². The Kier molecular flexibility index (Phi) is 2.41. The fourth-order valence-electron chi connectivity index (χ4n) is 2.63. The average Bonchev–Trinajstić information content (AvgIpc) is 2.97. The molecule has 2 N–H and O–H groups in total. The van der Waals surface area contributed by atoms with Crippen LogP contribution in [0.4, 0.5) is 5.82 Å². The summed E-state index contributed by atoms with van der Waals surface area (Å²) in [7, 11) is 0. The zero-order valence-electron chi connectivity index (χ0n) is 11.1. The third kappa shape index (κ3) is 1.65. The summed E-state index contributed by atoms with van der Waals surface area (Å²) in [6.07, 6.45) is 2.68. The summed E-state index contributed by atoms with van der Waals surface area (Å²) in [6.45, 7) is 2.12. The van der Waals surface area contributed by atoms with Crippen molar-refractivity contribution in [2.24, 2.45) is 0 Å². The Hall–Kier alpha value is -2.20. The Morgan fingerprint density at radius 1 is 1.20 bits per heavy atom. The number of hydrogen-bond acceptors (Lipinski definition) is 4. The van der Waals surface area contributed by atoms with Crippen molar-refractivity contribution in [3.63, 3.8) is 0 Å². The van der Waals surface area contributed by atoms with Crippen molar-refractivity contribution in [2.75, 3.05) is 5.73 Å². The number of fused-ring (bicyclic) bond motifs is 3. The van der Waals surface area contributed by atoms with Crippen LogP contribution in [0.1, 0.15) is 16.0 Å². The first kappa shape index (κ1) is 11.6. The molecule has 0 unspecified atom stereocenters.